The van der Waals surface area contributed by atoms with Gasteiger partial charge in [0, 0.05) is 11.5 Å². The summed E-state index contributed by atoms with van der Waals surface area (Å²) in [7, 11) is 0. The quantitative estimate of drug-likeness (QED) is 0.906. The van der Waals surface area contributed by atoms with Crippen LogP contribution in [0.3, 0.4) is 0 Å². The fraction of sp³-hybridized carbons (Fsp3) is 0.250. The zero-order valence-electron chi connectivity index (χ0n) is 9.48. The number of hydrogen-bond donors (Lipinski definition) is 1. The Morgan fingerprint density at radius 1 is 1.39 bits per heavy atom. The molecule has 0 saturated carbocycles. The smallest absolute Gasteiger partial charge is 0.269 e. The van der Waals surface area contributed by atoms with Crippen LogP contribution in [-0.4, -0.2) is 10.0 Å². The topological polar surface area (TPSA) is 50.7 Å². The van der Waals surface area contributed by atoms with E-state index in [4.69, 9.17) is 11.6 Å². The molecule has 1 aromatic carbocycles. The summed E-state index contributed by atoms with van der Waals surface area (Å²) in [5, 5.41) is 4.49. The summed E-state index contributed by atoms with van der Waals surface area (Å²) in [6.45, 7) is 0. The SMILES string of the molecule is O=S1NC(CC2=C(Cl)c3ccccc3CC2)=NO1. The Balaban J connectivity index is 1.87. The first kappa shape index (κ1) is 11.7. The van der Waals surface area contributed by atoms with Crippen LogP contribution in [-0.2, 0) is 22.0 Å². The highest BCUT2D eigenvalue weighted by Gasteiger charge is 2.21. The van der Waals surface area contributed by atoms with Crippen LogP contribution in [0.4, 0.5) is 0 Å². The number of hydrogen-bond acceptors (Lipinski definition) is 3. The van der Waals surface area contributed by atoms with Crippen LogP contribution in [0.25, 0.3) is 5.03 Å². The molecule has 2 aliphatic rings. The number of amidine groups is 1. The molecule has 18 heavy (non-hydrogen) atoms. The lowest BCUT2D eigenvalue weighted by molar-refractivity contribution is 0.384. The third-order valence-corrected chi connectivity index (χ3v) is 4.14. The van der Waals surface area contributed by atoms with E-state index in [1.54, 1.807) is 0 Å². The fourth-order valence-corrected chi connectivity index (χ4v) is 3.03. The summed E-state index contributed by atoms with van der Waals surface area (Å²) in [6.07, 6.45) is 2.42. The molecule has 0 fully saturated rings. The van der Waals surface area contributed by atoms with Gasteiger partial charge in [0.05, 0.1) is 0 Å². The average molecular weight is 283 g/mol. The second-order valence-electron chi connectivity index (χ2n) is 4.20. The lowest BCUT2D eigenvalue weighted by atomic mass is 9.90. The lowest BCUT2D eigenvalue weighted by Crippen LogP contribution is -2.20. The molecule has 1 N–H and O–H groups in total. The van der Waals surface area contributed by atoms with Crippen molar-refractivity contribution in [2.24, 2.45) is 5.16 Å². The van der Waals surface area contributed by atoms with Gasteiger partial charge < -0.3 is 0 Å². The van der Waals surface area contributed by atoms with E-state index in [0.717, 1.165) is 29.0 Å². The van der Waals surface area contributed by atoms with Crippen molar-refractivity contribution in [2.75, 3.05) is 0 Å². The summed E-state index contributed by atoms with van der Waals surface area (Å²) in [5.41, 5.74) is 3.46. The number of nitrogens with one attached hydrogen (secondary N) is 1. The van der Waals surface area contributed by atoms with Gasteiger partial charge in [-0.1, -0.05) is 41.0 Å². The third kappa shape index (κ3) is 2.15. The first-order valence-electron chi connectivity index (χ1n) is 5.62. The van der Waals surface area contributed by atoms with Gasteiger partial charge in [0.2, 0.25) is 0 Å². The lowest BCUT2D eigenvalue weighted by Gasteiger charge is -2.19. The summed E-state index contributed by atoms with van der Waals surface area (Å²) in [5.74, 6) is 0.570. The van der Waals surface area contributed by atoms with E-state index >= 15 is 0 Å². The first-order chi connectivity index (χ1) is 8.74. The number of aryl methyl sites for hydroxylation is 1. The second kappa shape index (κ2) is 4.74. The van der Waals surface area contributed by atoms with Crippen LogP contribution in [0.2, 0.25) is 0 Å². The van der Waals surface area contributed by atoms with Gasteiger partial charge in [-0.15, -0.1) is 0 Å². The van der Waals surface area contributed by atoms with Gasteiger partial charge in [0.15, 0.2) is 5.84 Å². The molecule has 3 rings (SSSR count). The van der Waals surface area contributed by atoms with Crippen molar-refractivity contribution in [3.63, 3.8) is 0 Å². The van der Waals surface area contributed by atoms with Gasteiger partial charge in [0.1, 0.15) is 0 Å². The Kier molecular flexibility index (Phi) is 3.09. The monoisotopic (exact) mass is 282 g/mol. The predicted molar refractivity (Wildman–Crippen MR) is 72.0 cm³/mol. The number of nitrogens with zero attached hydrogens (tertiary/aromatic N) is 1. The van der Waals surface area contributed by atoms with E-state index in [9.17, 15) is 4.21 Å². The molecule has 0 radical (unpaired) electrons. The maximum atomic E-state index is 11.0. The van der Waals surface area contributed by atoms with Crippen LogP contribution in [0.15, 0.2) is 35.0 Å². The van der Waals surface area contributed by atoms with Gasteiger partial charge in [-0.25, -0.2) is 0 Å². The van der Waals surface area contributed by atoms with Crippen molar-refractivity contribution in [1.82, 2.24) is 4.72 Å². The number of rotatable bonds is 2. The van der Waals surface area contributed by atoms with E-state index in [1.807, 2.05) is 18.2 Å². The molecule has 0 amide bonds. The zero-order chi connectivity index (χ0) is 12.5. The maximum Gasteiger partial charge on any atom is 0.338 e. The van der Waals surface area contributed by atoms with E-state index in [2.05, 4.69) is 20.2 Å². The molecule has 0 spiro atoms. The Bertz CT molecular complexity index is 583. The molecule has 0 aromatic heterocycles. The number of oxime groups is 1. The van der Waals surface area contributed by atoms with E-state index in [-0.39, 0.29) is 0 Å². The molecule has 1 aliphatic carbocycles. The molecular formula is C12H11ClN2O2S. The molecule has 1 aliphatic heterocycles. The summed E-state index contributed by atoms with van der Waals surface area (Å²) < 4.78 is 18.2. The van der Waals surface area contributed by atoms with Crippen LogP contribution in [0, 0.1) is 0 Å². The minimum absolute atomic E-state index is 0.554. The Morgan fingerprint density at radius 3 is 3.00 bits per heavy atom. The van der Waals surface area contributed by atoms with Crippen molar-refractivity contribution in [3.8, 4) is 0 Å². The molecule has 0 saturated heterocycles. The molecule has 6 heteroatoms. The third-order valence-electron chi connectivity index (χ3n) is 3.06. The van der Waals surface area contributed by atoms with Crippen LogP contribution >= 0.6 is 11.6 Å². The van der Waals surface area contributed by atoms with Gasteiger partial charge >= 0.3 is 11.3 Å². The Hall–Kier alpha value is -1.33. The van der Waals surface area contributed by atoms with Gasteiger partial charge in [-0.2, -0.15) is 4.21 Å². The van der Waals surface area contributed by atoms with Crippen molar-refractivity contribution >= 4 is 33.7 Å². The number of benzene rings is 1. The standard InChI is InChI=1S/C12H11ClN2O2S/c13-12-9(7-11-14-17-18(16)15-11)6-5-8-3-1-2-4-10(8)12/h1-4H,5-7H2,(H,14,15). The molecule has 0 bridgehead atoms. The highest BCUT2D eigenvalue weighted by atomic mass is 35.5. The average Bonchev–Trinajstić information content (AvgIpc) is 2.79. The zero-order valence-corrected chi connectivity index (χ0v) is 11.1. The van der Waals surface area contributed by atoms with E-state index < -0.39 is 11.3 Å². The Morgan fingerprint density at radius 2 is 2.22 bits per heavy atom. The minimum atomic E-state index is -1.53. The van der Waals surface area contributed by atoms with Gasteiger partial charge in [-0.05, 0) is 29.5 Å². The van der Waals surface area contributed by atoms with Crippen LogP contribution in [0.5, 0.6) is 0 Å². The van der Waals surface area contributed by atoms with Gasteiger partial charge in [-0.3, -0.25) is 9.01 Å². The summed E-state index contributed by atoms with van der Waals surface area (Å²) >= 11 is 4.88. The van der Waals surface area contributed by atoms with Crippen molar-refractivity contribution in [2.45, 2.75) is 19.3 Å². The number of fused-ring (bicyclic) bond motifs is 1. The van der Waals surface area contributed by atoms with Gasteiger partial charge in [0.25, 0.3) is 0 Å². The molecule has 1 unspecified atom stereocenters. The maximum absolute atomic E-state index is 11.0. The fourth-order valence-electron chi connectivity index (χ4n) is 2.19. The van der Waals surface area contributed by atoms with Crippen LogP contribution < -0.4 is 4.72 Å². The largest absolute Gasteiger partial charge is 0.338 e. The van der Waals surface area contributed by atoms with Crippen molar-refractivity contribution < 1.29 is 8.49 Å². The first-order valence-corrected chi connectivity index (χ1v) is 7.08. The summed E-state index contributed by atoms with van der Waals surface area (Å²) in [6, 6.07) is 8.12. The minimum Gasteiger partial charge on any atom is -0.269 e. The second-order valence-corrected chi connectivity index (χ2v) is 5.40. The van der Waals surface area contributed by atoms with Crippen molar-refractivity contribution in [1.29, 1.82) is 0 Å². The summed E-state index contributed by atoms with van der Waals surface area (Å²) in [4.78, 5) is 0. The normalized spacial score (nSPS) is 22.1. The van der Waals surface area contributed by atoms with E-state index in [1.165, 1.54) is 5.56 Å². The van der Waals surface area contributed by atoms with Crippen molar-refractivity contribution in [3.05, 3.63) is 41.0 Å². The Labute approximate surface area is 112 Å². The molecule has 1 atom stereocenters. The molecule has 4 nitrogen and oxygen atoms in total. The number of halogens is 1. The molecule has 94 valence electrons. The molecule has 1 aromatic rings. The highest BCUT2D eigenvalue weighted by Crippen LogP contribution is 2.35. The molecule has 1 heterocycles. The van der Waals surface area contributed by atoms with Crippen LogP contribution in [0.1, 0.15) is 24.0 Å². The molecular weight excluding hydrogens is 272 g/mol. The predicted octanol–water partition coefficient (Wildman–Crippen LogP) is 2.48. The highest BCUT2D eigenvalue weighted by molar-refractivity contribution is 7.79. The van der Waals surface area contributed by atoms with E-state index in [0.29, 0.717) is 12.3 Å².